The van der Waals surface area contributed by atoms with E-state index in [4.69, 9.17) is 21.1 Å². The molecule has 0 saturated heterocycles. The molecule has 0 spiro atoms. The number of hydrogen-bond acceptors (Lipinski definition) is 2. The van der Waals surface area contributed by atoms with E-state index in [0.717, 1.165) is 35.1 Å². The molecule has 1 aliphatic rings. The van der Waals surface area contributed by atoms with E-state index in [1.165, 1.54) is 16.0 Å². The van der Waals surface area contributed by atoms with Crippen molar-refractivity contribution in [2.24, 2.45) is 0 Å². The van der Waals surface area contributed by atoms with Gasteiger partial charge in [-0.2, -0.15) is 0 Å². The summed E-state index contributed by atoms with van der Waals surface area (Å²) >= 11 is 6.45. The van der Waals surface area contributed by atoms with E-state index >= 15 is 0 Å². The zero-order chi connectivity index (χ0) is 15.7. The first-order valence-electron chi connectivity index (χ1n) is 7.47. The van der Waals surface area contributed by atoms with E-state index in [2.05, 4.69) is 25.2 Å². The maximum absolute atomic E-state index is 6.45. The fourth-order valence-electron chi connectivity index (χ4n) is 3.31. The molecule has 0 aromatic heterocycles. The number of nitrogens with one attached hydrogen (secondary N) is 1. The molecule has 0 fully saturated rings. The molecule has 0 amide bonds. The summed E-state index contributed by atoms with van der Waals surface area (Å²) in [7, 11) is 5.57. The molecule has 116 valence electrons. The third kappa shape index (κ3) is 2.55. The number of halogens is 1. The molecular weight excluding hydrogens is 298 g/mol. The fraction of sp³-hybridized carbons (Fsp3) is 0.333. The van der Waals surface area contributed by atoms with Crippen LogP contribution in [0, 0.1) is 0 Å². The molecule has 0 bridgehead atoms. The standard InChI is InChI=1S/C18H20ClNO2/c1-20-9-8-12-10-16(21-2)17(22-3)11-14(12)18(20)13-6-4-5-7-15(13)19/h4-7,10-11,18H,8-9H2,1-3H3/p+1/t18-/m0/s1. The highest BCUT2D eigenvalue weighted by Crippen LogP contribution is 2.37. The van der Waals surface area contributed by atoms with Crippen molar-refractivity contribution in [3.8, 4) is 11.5 Å². The van der Waals surface area contributed by atoms with Crippen LogP contribution in [0.2, 0.25) is 5.02 Å². The number of rotatable bonds is 3. The molecule has 1 aliphatic heterocycles. The van der Waals surface area contributed by atoms with Crippen LogP contribution in [0.3, 0.4) is 0 Å². The van der Waals surface area contributed by atoms with Gasteiger partial charge in [-0.3, -0.25) is 0 Å². The fourth-order valence-corrected chi connectivity index (χ4v) is 3.55. The maximum Gasteiger partial charge on any atom is 0.161 e. The van der Waals surface area contributed by atoms with E-state index in [1.807, 2.05) is 18.2 Å². The van der Waals surface area contributed by atoms with Crippen molar-refractivity contribution in [1.29, 1.82) is 0 Å². The lowest BCUT2D eigenvalue weighted by atomic mass is 9.88. The topological polar surface area (TPSA) is 22.9 Å². The first-order chi connectivity index (χ1) is 10.7. The van der Waals surface area contributed by atoms with Gasteiger partial charge in [-0.25, -0.2) is 0 Å². The summed E-state index contributed by atoms with van der Waals surface area (Å²) in [6.07, 6.45) is 1.03. The van der Waals surface area contributed by atoms with E-state index in [-0.39, 0.29) is 6.04 Å². The van der Waals surface area contributed by atoms with Gasteiger partial charge in [0.1, 0.15) is 6.04 Å². The molecular formula is C18H21ClNO2+. The molecule has 2 aromatic carbocycles. The van der Waals surface area contributed by atoms with Gasteiger partial charge >= 0.3 is 0 Å². The predicted molar refractivity (Wildman–Crippen MR) is 88.3 cm³/mol. The van der Waals surface area contributed by atoms with Crippen molar-refractivity contribution in [3.63, 3.8) is 0 Å². The number of quaternary nitrogens is 1. The maximum atomic E-state index is 6.45. The van der Waals surface area contributed by atoms with E-state index < -0.39 is 0 Å². The summed E-state index contributed by atoms with van der Waals surface area (Å²) in [5.41, 5.74) is 3.75. The van der Waals surface area contributed by atoms with Crippen molar-refractivity contribution < 1.29 is 14.4 Å². The largest absolute Gasteiger partial charge is 0.493 e. The number of hydrogen-bond donors (Lipinski definition) is 1. The Morgan fingerprint density at radius 3 is 2.41 bits per heavy atom. The Morgan fingerprint density at radius 2 is 1.73 bits per heavy atom. The normalized spacial score (nSPS) is 20.4. The van der Waals surface area contributed by atoms with E-state index in [0.29, 0.717) is 0 Å². The molecule has 0 saturated carbocycles. The summed E-state index contributed by atoms with van der Waals surface area (Å²) < 4.78 is 10.9. The number of benzene rings is 2. The molecule has 3 nitrogen and oxygen atoms in total. The van der Waals surface area contributed by atoms with Gasteiger partial charge in [0.15, 0.2) is 11.5 Å². The van der Waals surface area contributed by atoms with Gasteiger partial charge in [0, 0.05) is 17.5 Å². The van der Waals surface area contributed by atoms with Crippen LogP contribution in [-0.2, 0) is 6.42 Å². The van der Waals surface area contributed by atoms with Crippen LogP contribution < -0.4 is 14.4 Å². The first-order valence-corrected chi connectivity index (χ1v) is 7.85. The van der Waals surface area contributed by atoms with E-state index in [9.17, 15) is 0 Å². The summed E-state index contributed by atoms with van der Waals surface area (Å²) in [6, 6.07) is 12.5. The molecule has 1 unspecified atom stereocenters. The van der Waals surface area contributed by atoms with Gasteiger partial charge in [-0.05, 0) is 23.8 Å². The third-order valence-electron chi connectivity index (χ3n) is 4.45. The predicted octanol–water partition coefficient (Wildman–Crippen LogP) is 2.52. The Morgan fingerprint density at radius 1 is 1.05 bits per heavy atom. The molecule has 1 heterocycles. The summed E-state index contributed by atoms with van der Waals surface area (Å²) in [4.78, 5) is 1.44. The first kappa shape index (κ1) is 15.2. The second kappa shape index (κ2) is 6.19. The Bertz CT molecular complexity index is 687. The molecule has 2 aromatic rings. The van der Waals surface area contributed by atoms with Gasteiger partial charge in [-0.1, -0.05) is 29.8 Å². The highest BCUT2D eigenvalue weighted by Gasteiger charge is 2.32. The van der Waals surface area contributed by atoms with Crippen molar-refractivity contribution in [2.45, 2.75) is 12.5 Å². The molecule has 4 heteroatoms. The summed E-state index contributed by atoms with van der Waals surface area (Å²) in [5, 5.41) is 0.814. The second-order valence-electron chi connectivity index (χ2n) is 5.71. The lowest BCUT2D eigenvalue weighted by Crippen LogP contribution is -3.10. The molecule has 22 heavy (non-hydrogen) atoms. The van der Waals surface area contributed by atoms with E-state index in [1.54, 1.807) is 14.2 Å². The lowest BCUT2D eigenvalue weighted by molar-refractivity contribution is -0.908. The van der Waals surface area contributed by atoms with Gasteiger partial charge in [-0.15, -0.1) is 0 Å². The van der Waals surface area contributed by atoms with Crippen LogP contribution in [-0.4, -0.2) is 27.8 Å². The van der Waals surface area contributed by atoms with Crippen molar-refractivity contribution in [3.05, 3.63) is 58.1 Å². The Balaban J connectivity index is 2.16. The number of fused-ring (bicyclic) bond motifs is 1. The van der Waals surface area contributed by atoms with Crippen LogP contribution in [0.1, 0.15) is 22.7 Å². The highest BCUT2D eigenvalue weighted by atomic mass is 35.5. The monoisotopic (exact) mass is 318 g/mol. The van der Waals surface area contributed by atoms with Crippen molar-refractivity contribution >= 4 is 11.6 Å². The number of methoxy groups -OCH3 is 2. The summed E-state index contributed by atoms with van der Waals surface area (Å²) in [5.74, 6) is 1.56. The minimum Gasteiger partial charge on any atom is -0.493 e. The van der Waals surface area contributed by atoms with Gasteiger partial charge in [0.05, 0.1) is 32.8 Å². The third-order valence-corrected chi connectivity index (χ3v) is 4.80. The van der Waals surface area contributed by atoms with Crippen LogP contribution >= 0.6 is 11.6 Å². The zero-order valence-electron chi connectivity index (χ0n) is 13.2. The SMILES string of the molecule is COc1cc2c(cc1OC)[C@H](c1ccccc1Cl)[NH+](C)CC2. The number of likely N-dealkylation sites (N-methyl/N-ethyl adjacent to an activating group) is 1. The second-order valence-corrected chi connectivity index (χ2v) is 6.11. The number of ether oxygens (including phenoxy) is 2. The molecule has 0 aliphatic carbocycles. The Kier molecular flexibility index (Phi) is 4.27. The van der Waals surface area contributed by atoms with Crippen LogP contribution in [0.15, 0.2) is 36.4 Å². The lowest BCUT2D eigenvalue weighted by Gasteiger charge is -2.33. The van der Waals surface area contributed by atoms with Gasteiger partial charge in [0.25, 0.3) is 0 Å². The zero-order valence-corrected chi connectivity index (χ0v) is 13.9. The average Bonchev–Trinajstić information content (AvgIpc) is 2.54. The minimum absolute atomic E-state index is 0.220. The smallest absolute Gasteiger partial charge is 0.161 e. The molecule has 0 radical (unpaired) electrons. The highest BCUT2D eigenvalue weighted by molar-refractivity contribution is 6.31. The van der Waals surface area contributed by atoms with Crippen molar-refractivity contribution in [2.75, 3.05) is 27.8 Å². The van der Waals surface area contributed by atoms with Crippen LogP contribution in [0.25, 0.3) is 0 Å². The Labute approximate surface area is 136 Å². The minimum atomic E-state index is 0.220. The van der Waals surface area contributed by atoms with Crippen LogP contribution in [0.5, 0.6) is 11.5 Å². The molecule has 3 rings (SSSR count). The Hall–Kier alpha value is -1.71. The van der Waals surface area contributed by atoms with Gasteiger partial charge in [0.2, 0.25) is 0 Å². The molecule has 2 atom stereocenters. The van der Waals surface area contributed by atoms with Crippen LogP contribution in [0.4, 0.5) is 0 Å². The summed E-state index contributed by atoms with van der Waals surface area (Å²) in [6.45, 7) is 1.07. The molecule has 1 N–H and O–H groups in total. The van der Waals surface area contributed by atoms with Crippen molar-refractivity contribution in [1.82, 2.24) is 0 Å². The average molecular weight is 319 g/mol. The van der Waals surface area contributed by atoms with Gasteiger partial charge < -0.3 is 14.4 Å². The quantitative estimate of drug-likeness (QED) is 0.940.